The average molecular weight is 378 g/mol. The molecule has 0 bridgehead atoms. The van der Waals surface area contributed by atoms with Gasteiger partial charge in [0.2, 0.25) is 11.6 Å². The van der Waals surface area contributed by atoms with Gasteiger partial charge in [0.05, 0.1) is 11.3 Å². The van der Waals surface area contributed by atoms with Crippen LogP contribution >= 0.6 is 0 Å². The summed E-state index contributed by atoms with van der Waals surface area (Å²) in [5.74, 6) is 1.72. The van der Waals surface area contributed by atoms with Gasteiger partial charge in [-0.25, -0.2) is 9.97 Å². The van der Waals surface area contributed by atoms with Crippen LogP contribution in [0, 0.1) is 33.6 Å². The zero-order chi connectivity index (χ0) is 19.8. The first kappa shape index (κ1) is 18.5. The van der Waals surface area contributed by atoms with Crippen LogP contribution in [0.3, 0.4) is 0 Å². The van der Waals surface area contributed by atoms with E-state index in [1.165, 1.54) is 5.56 Å². The minimum atomic E-state index is -0.0761. The third-order valence-electron chi connectivity index (χ3n) is 5.68. The van der Waals surface area contributed by atoms with Crippen molar-refractivity contribution in [1.82, 2.24) is 9.97 Å². The number of benzene rings is 1. The number of fused-ring (bicyclic) bond motifs is 1. The molecule has 1 saturated heterocycles. The summed E-state index contributed by atoms with van der Waals surface area (Å²) in [5.41, 5.74) is 4.84. The van der Waals surface area contributed by atoms with Crippen LogP contribution in [0.15, 0.2) is 28.9 Å². The largest absolute Gasteiger partial charge is 0.443 e. The van der Waals surface area contributed by atoms with Crippen molar-refractivity contribution in [3.8, 4) is 0 Å². The summed E-state index contributed by atoms with van der Waals surface area (Å²) < 4.78 is 5.75. The first-order chi connectivity index (χ1) is 13.4. The summed E-state index contributed by atoms with van der Waals surface area (Å²) in [5, 5.41) is 4.07. The normalized spacial score (nSPS) is 17.1. The Bertz CT molecular complexity index is 1040. The lowest BCUT2D eigenvalue weighted by Gasteiger charge is -2.33. The highest BCUT2D eigenvalue weighted by Crippen LogP contribution is 2.33. The van der Waals surface area contributed by atoms with E-state index in [2.05, 4.69) is 33.2 Å². The van der Waals surface area contributed by atoms with Gasteiger partial charge < -0.3 is 14.6 Å². The molecule has 2 aromatic heterocycles. The Kier molecular flexibility index (Phi) is 4.79. The Morgan fingerprint density at radius 2 is 2.04 bits per heavy atom. The lowest BCUT2D eigenvalue weighted by atomic mass is 9.96. The van der Waals surface area contributed by atoms with E-state index in [1.807, 2.05) is 32.9 Å². The van der Waals surface area contributed by atoms with E-state index in [1.54, 1.807) is 6.33 Å². The van der Waals surface area contributed by atoms with Crippen LogP contribution in [0.2, 0.25) is 0 Å². The number of hydrogen-bond donors (Lipinski definition) is 1. The first-order valence-electron chi connectivity index (χ1n) is 9.78. The van der Waals surface area contributed by atoms with Crippen molar-refractivity contribution in [2.45, 2.75) is 40.5 Å². The van der Waals surface area contributed by atoms with E-state index in [-0.39, 0.29) is 11.8 Å². The highest BCUT2D eigenvalue weighted by atomic mass is 16.3. The van der Waals surface area contributed by atoms with Gasteiger partial charge in [-0.2, -0.15) is 0 Å². The van der Waals surface area contributed by atoms with E-state index < -0.39 is 0 Å². The van der Waals surface area contributed by atoms with Crippen LogP contribution in [-0.2, 0) is 4.79 Å². The molecule has 1 aromatic carbocycles. The van der Waals surface area contributed by atoms with Crippen molar-refractivity contribution in [2.24, 2.45) is 5.92 Å². The van der Waals surface area contributed by atoms with Crippen molar-refractivity contribution in [2.75, 3.05) is 23.3 Å². The molecule has 6 heteroatoms. The topological polar surface area (TPSA) is 71.3 Å². The standard InChI is InChI=1S/C22H26N4O2/c1-13-7-8-18(14(2)10-13)25-21(27)17-6-5-9-26(11-17)20-19-15(3)16(4)28-22(19)24-12-23-20/h7-8,10,12,17H,5-6,9,11H2,1-4H3,(H,25,27). The number of carbonyl (C=O) groups excluding carboxylic acids is 1. The fourth-order valence-corrected chi connectivity index (χ4v) is 3.98. The van der Waals surface area contributed by atoms with E-state index in [9.17, 15) is 4.79 Å². The Hall–Kier alpha value is -2.89. The van der Waals surface area contributed by atoms with Crippen molar-refractivity contribution >= 4 is 28.5 Å². The quantitative estimate of drug-likeness (QED) is 0.735. The maximum atomic E-state index is 12.9. The van der Waals surface area contributed by atoms with Crippen LogP contribution < -0.4 is 10.2 Å². The highest BCUT2D eigenvalue weighted by molar-refractivity contribution is 5.94. The summed E-state index contributed by atoms with van der Waals surface area (Å²) in [6.45, 7) is 9.58. The number of rotatable bonds is 3. The zero-order valence-electron chi connectivity index (χ0n) is 16.9. The molecule has 1 aliphatic heterocycles. The fraction of sp³-hybridized carbons (Fsp3) is 0.409. The lowest BCUT2D eigenvalue weighted by Crippen LogP contribution is -2.41. The predicted molar refractivity (Wildman–Crippen MR) is 111 cm³/mol. The zero-order valence-corrected chi connectivity index (χ0v) is 16.9. The Balaban J connectivity index is 1.56. The van der Waals surface area contributed by atoms with Crippen LogP contribution in [0.1, 0.15) is 35.3 Å². The molecule has 1 aliphatic rings. The molecule has 1 amide bonds. The second-order valence-electron chi connectivity index (χ2n) is 7.75. The van der Waals surface area contributed by atoms with Gasteiger partial charge in [0, 0.05) is 24.3 Å². The second kappa shape index (κ2) is 7.26. The Morgan fingerprint density at radius 1 is 1.21 bits per heavy atom. The summed E-state index contributed by atoms with van der Waals surface area (Å²) in [6, 6.07) is 6.09. The maximum absolute atomic E-state index is 12.9. The number of amides is 1. The minimum Gasteiger partial charge on any atom is -0.443 e. The molecule has 0 saturated carbocycles. The Labute approximate surface area is 165 Å². The molecule has 146 valence electrons. The van der Waals surface area contributed by atoms with Crippen molar-refractivity contribution in [3.05, 3.63) is 47.0 Å². The molecule has 1 fully saturated rings. The third kappa shape index (κ3) is 3.35. The minimum absolute atomic E-state index is 0.0713. The molecule has 1 unspecified atom stereocenters. The van der Waals surface area contributed by atoms with E-state index in [0.717, 1.165) is 53.2 Å². The van der Waals surface area contributed by atoms with Crippen LogP contribution in [-0.4, -0.2) is 29.0 Å². The van der Waals surface area contributed by atoms with Gasteiger partial charge in [-0.05, 0) is 52.2 Å². The van der Waals surface area contributed by atoms with Crippen LogP contribution in [0.5, 0.6) is 0 Å². The fourth-order valence-electron chi connectivity index (χ4n) is 3.98. The van der Waals surface area contributed by atoms with Gasteiger partial charge in [-0.3, -0.25) is 4.79 Å². The van der Waals surface area contributed by atoms with E-state index in [0.29, 0.717) is 12.3 Å². The van der Waals surface area contributed by atoms with Crippen LogP contribution in [0.4, 0.5) is 11.5 Å². The third-order valence-corrected chi connectivity index (χ3v) is 5.68. The van der Waals surface area contributed by atoms with Gasteiger partial charge in [-0.15, -0.1) is 0 Å². The molecule has 3 aromatic rings. The molecular weight excluding hydrogens is 352 g/mol. The number of furan rings is 1. The van der Waals surface area contributed by atoms with Gasteiger partial charge >= 0.3 is 0 Å². The molecule has 0 aliphatic carbocycles. The van der Waals surface area contributed by atoms with E-state index >= 15 is 0 Å². The van der Waals surface area contributed by atoms with Crippen molar-refractivity contribution < 1.29 is 9.21 Å². The number of anilines is 2. The number of aromatic nitrogens is 2. The second-order valence-corrected chi connectivity index (χ2v) is 7.75. The number of nitrogens with one attached hydrogen (secondary N) is 1. The molecule has 28 heavy (non-hydrogen) atoms. The first-order valence-corrected chi connectivity index (χ1v) is 9.78. The Morgan fingerprint density at radius 3 is 2.82 bits per heavy atom. The number of piperidine rings is 1. The van der Waals surface area contributed by atoms with Gasteiger partial charge in [0.15, 0.2) is 0 Å². The molecule has 4 rings (SSSR count). The number of carbonyl (C=O) groups is 1. The monoisotopic (exact) mass is 378 g/mol. The SMILES string of the molecule is Cc1ccc(NC(=O)C2CCCN(c3ncnc4oc(C)c(C)c34)C2)c(C)c1. The maximum Gasteiger partial charge on any atom is 0.231 e. The highest BCUT2D eigenvalue weighted by Gasteiger charge is 2.29. The molecule has 1 atom stereocenters. The van der Waals surface area contributed by atoms with Gasteiger partial charge in [-0.1, -0.05) is 17.7 Å². The van der Waals surface area contributed by atoms with Crippen LogP contribution in [0.25, 0.3) is 11.1 Å². The average Bonchev–Trinajstić information content (AvgIpc) is 2.98. The van der Waals surface area contributed by atoms with E-state index in [4.69, 9.17) is 4.42 Å². The van der Waals surface area contributed by atoms with Gasteiger partial charge in [0.1, 0.15) is 17.9 Å². The number of aryl methyl sites for hydroxylation is 4. The van der Waals surface area contributed by atoms with Crippen molar-refractivity contribution in [3.63, 3.8) is 0 Å². The summed E-state index contributed by atoms with van der Waals surface area (Å²) in [6.07, 6.45) is 3.37. The summed E-state index contributed by atoms with van der Waals surface area (Å²) in [4.78, 5) is 23.9. The lowest BCUT2D eigenvalue weighted by molar-refractivity contribution is -0.120. The molecule has 6 nitrogen and oxygen atoms in total. The summed E-state index contributed by atoms with van der Waals surface area (Å²) in [7, 11) is 0. The van der Waals surface area contributed by atoms with Crippen molar-refractivity contribution in [1.29, 1.82) is 0 Å². The number of hydrogen-bond acceptors (Lipinski definition) is 5. The molecule has 0 spiro atoms. The molecular formula is C22H26N4O2. The molecule has 1 N–H and O–H groups in total. The smallest absolute Gasteiger partial charge is 0.231 e. The predicted octanol–water partition coefficient (Wildman–Crippen LogP) is 4.31. The number of nitrogens with zero attached hydrogens (tertiary/aromatic N) is 3. The van der Waals surface area contributed by atoms with Gasteiger partial charge in [0.25, 0.3) is 0 Å². The summed E-state index contributed by atoms with van der Waals surface area (Å²) >= 11 is 0. The molecule has 0 radical (unpaired) electrons. The molecule has 3 heterocycles.